The second-order valence-electron chi connectivity index (χ2n) is 5.81. The van der Waals surface area contributed by atoms with Gasteiger partial charge in [0.05, 0.1) is 13.7 Å². The van der Waals surface area contributed by atoms with Gasteiger partial charge in [0.25, 0.3) is 0 Å². The van der Waals surface area contributed by atoms with Gasteiger partial charge in [-0.3, -0.25) is 0 Å². The molecule has 1 atom stereocenters. The number of ether oxygens (including phenoxy) is 2. The van der Waals surface area contributed by atoms with Crippen molar-refractivity contribution in [2.45, 2.75) is 51.2 Å². The summed E-state index contributed by atoms with van der Waals surface area (Å²) < 4.78 is 11.0. The van der Waals surface area contributed by atoms with Crippen LogP contribution in [0.1, 0.15) is 39.0 Å². The lowest BCUT2D eigenvalue weighted by molar-refractivity contribution is 0.229. The van der Waals surface area contributed by atoms with E-state index in [2.05, 4.69) is 10.3 Å². The molecule has 0 radical (unpaired) electrons. The summed E-state index contributed by atoms with van der Waals surface area (Å²) in [5, 5.41) is 3.31. The number of nitrogens with one attached hydrogen (secondary N) is 1. The van der Waals surface area contributed by atoms with Crippen molar-refractivity contribution in [1.29, 1.82) is 0 Å². The zero-order chi connectivity index (χ0) is 15.8. The highest BCUT2D eigenvalue weighted by Gasteiger charge is 2.13. The molecule has 0 spiro atoms. The Morgan fingerprint density at radius 1 is 1.30 bits per heavy atom. The Bertz CT molecular complexity index is 490. The van der Waals surface area contributed by atoms with Gasteiger partial charge in [-0.25, -0.2) is 4.99 Å². The monoisotopic (exact) mass is 433 g/mol. The second-order valence-corrected chi connectivity index (χ2v) is 5.81. The number of halogens is 1. The van der Waals surface area contributed by atoms with E-state index in [1.54, 1.807) is 7.11 Å². The number of nitrogens with two attached hydrogens (primary N) is 1. The first-order valence-corrected chi connectivity index (χ1v) is 8.04. The van der Waals surface area contributed by atoms with Gasteiger partial charge in [0.2, 0.25) is 0 Å². The molecule has 1 aliphatic carbocycles. The third-order valence-corrected chi connectivity index (χ3v) is 3.85. The molecule has 23 heavy (non-hydrogen) atoms. The summed E-state index contributed by atoms with van der Waals surface area (Å²) in [7, 11) is 1.64. The lowest BCUT2D eigenvalue weighted by atomic mass is 9.96. The lowest BCUT2D eigenvalue weighted by Crippen LogP contribution is -2.41. The number of guanidine groups is 1. The summed E-state index contributed by atoms with van der Waals surface area (Å²) in [6.45, 7) is 2.51. The highest BCUT2D eigenvalue weighted by molar-refractivity contribution is 14.0. The van der Waals surface area contributed by atoms with Gasteiger partial charge in [-0.1, -0.05) is 25.3 Å². The molecule has 1 aromatic carbocycles. The summed E-state index contributed by atoms with van der Waals surface area (Å²) in [5.41, 5.74) is 5.96. The average molecular weight is 433 g/mol. The summed E-state index contributed by atoms with van der Waals surface area (Å²) in [4.78, 5) is 4.38. The fraction of sp³-hybridized carbons (Fsp3) is 0.588. The molecule has 1 aliphatic rings. The molecule has 1 aromatic rings. The quantitative estimate of drug-likeness (QED) is 0.410. The Hall–Kier alpha value is -1.18. The molecule has 5 nitrogen and oxygen atoms in total. The van der Waals surface area contributed by atoms with Crippen LogP contribution in [0.4, 0.5) is 0 Å². The molecule has 6 heteroatoms. The van der Waals surface area contributed by atoms with E-state index in [-0.39, 0.29) is 30.1 Å². The average Bonchev–Trinajstić information content (AvgIpc) is 2.54. The van der Waals surface area contributed by atoms with Gasteiger partial charge < -0.3 is 20.5 Å². The van der Waals surface area contributed by atoms with E-state index in [1.165, 1.54) is 32.1 Å². The fourth-order valence-electron chi connectivity index (χ4n) is 2.67. The van der Waals surface area contributed by atoms with E-state index in [4.69, 9.17) is 15.2 Å². The van der Waals surface area contributed by atoms with Crippen molar-refractivity contribution >= 4 is 29.9 Å². The van der Waals surface area contributed by atoms with Crippen molar-refractivity contribution < 1.29 is 9.47 Å². The van der Waals surface area contributed by atoms with Crippen LogP contribution in [0.5, 0.6) is 11.5 Å². The topological polar surface area (TPSA) is 68.9 Å². The van der Waals surface area contributed by atoms with Crippen LogP contribution >= 0.6 is 24.0 Å². The molecule has 0 heterocycles. The molecule has 1 saturated carbocycles. The van der Waals surface area contributed by atoms with Gasteiger partial charge in [-0.15, -0.1) is 24.0 Å². The van der Waals surface area contributed by atoms with Gasteiger partial charge in [0.1, 0.15) is 17.6 Å². The number of methoxy groups -OCH3 is 1. The van der Waals surface area contributed by atoms with Gasteiger partial charge in [-0.05, 0) is 31.9 Å². The Balaban J connectivity index is 0.00000264. The van der Waals surface area contributed by atoms with E-state index < -0.39 is 0 Å². The van der Waals surface area contributed by atoms with E-state index in [0.29, 0.717) is 18.5 Å². The Labute approximate surface area is 156 Å². The molecule has 0 amide bonds. The molecule has 2 rings (SSSR count). The lowest BCUT2D eigenvalue weighted by Gasteiger charge is -2.23. The van der Waals surface area contributed by atoms with Crippen molar-refractivity contribution in [3.8, 4) is 11.5 Å². The third-order valence-electron chi connectivity index (χ3n) is 3.85. The predicted molar refractivity (Wildman–Crippen MR) is 105 cm³/mol. The highest BCUT2D eigenvalue weighted by atomic mass is 127. The molecule has 1 unspecified atom stereocenters. The maximum atomic E-state index is 5.96. The van der Waals surface area contributed by atoms with Gasteiger partial charge in [0.15, 0.2) is 5.96 Å². The number of hydrogen-bond donors (Lipinski definition) is 2. The van der Waals surface area contributed by atoms with Crippen molar-refractivity contribution in [1.82, 2.24) is 5.32 Å². The number of hydrogen-bond acceptors (Lipinski definition) is 3. The van der Waals surface area contributed by atoms with Crippen LogP contribution in [0.25, 0.3) is 0 Å². The maximum absolute atomic E-state index is 5.96. The first kappa shape index (κ1) is 19.9. The molecule has 0 aliphatic heterocycles. The maximum Gasteiger partial charge on any atom is 0.188 e. The molecule has 3 N–H and O–H groups in total. The largest absolute Gasteiger partial charge is 0.497 e. The third kappa shape index (κ3) is 7.28. The van der Waals surface area contributed by atoms with Crippen molar-refractivity contribution in [3.63, 3.8) is 0 Å². The van der Waals surface area contributed by atoms with Gasteiger partial charge in [-0.2, -0.15) is 0 Å². The minimum absolute atomic E-state index is 0. The molecule has 0 aromatic heterocycles. The van der Waals surface area contributed by atoms with Gasteiger partial charge >= 0.3 is 0 Å². The smallest absolute Gasteiger partial charge is 0.188 e. The Morgan fingerprint density at radius 2 is 2.00 bits per heavy atom. The predicted octanol–water partition coefficient (Wildman–Crippen LogP) is 3.32. The van der Waals surface area contributed by atoms with Crippen LogP contribution in [0, 0.1) is 0 Å². The molecule has 0 saturated heterocycles. The molecule has 0 bridgehead atoms. The van der Waals surface area contributed by atoms with Crippen LogP contribution in [0.2, 0.25) is 0 Å². The summed E-state index contributed by atoms with van der Waals surface area (Å²) in [6, 6.07) is 8.05. The van der Waals surface area contributed by atoms with Crippen molar-refractivity contribution in [2.24, 2.45) is 10.7 Å². The molecule has 130 valence electrons. The molecule has 1 fully saturated rings. The van der Waals surface area contributed by atoms with E-state index in [0.717, 1.165) is 11.5 Å². The first-order chi connectivity index (χ1) is 10.7. The summed E-state index contributed by atoms with van der Waals surface area (Å²) in [5.74, 6) is 2.08. The number of aliphatic imine (C=N–C) groups is 1. The summed E-state index contributed by atoms with van der Waals surface area (Å²) >= 11 is 0. The zero-order valence-corrected chi connectivity index (χ0v) is 16.3. The minimum atomic E-state index is -0.0428. The van der Waals surface area contributed by atoms with Gasteiger partial charge in [0, 0.05) is 12.1 Å². The van der Waals surface area contributed by atoms with Crippen LogP contribution in [0.15, 0.2) is 29.3 Å². The van der Waals surface area contributed by atoms with E-state index in [1.807, 2.05) is 31.2 Å². The van der Waals surface area contributed by atoms with Crippen molar-refractivity contribution in [3.05, 3.63) is 24.3 Å². The minimum Gasteiger partial charge on any atom is -0.497 e. The molecular weight excluding hydrogens is 405 g/mol. The van der Waals surface area contributed by atoms with Crippen LogP contribution in [-0.4, -0.2) is 31.8 Å². The number of rotatable bonds is 6. The van der Waals surface area contributed by atoms with Crippen LogP contribution < -0.4 is 20.5 Å². The van der Waals surface area contributed by atoms with E-state index in [9.17, 15) is 0 Å². The standard InChI is InChI=1S/C17H27N3O2.HI/c1-13(22-16-10-6-9-15(11-16)21-2)12-19-17(18)20-14-7-4-3-5-8-14;/h6,9-11,13-14H,3-5,7-8,12H2,1-2H3,(H3,18,19,20);1H. The molecular formula is C17H28IN3O2. The summed E-state index contributed by atoms with van der Waals surface area (Å²) in [6.07, 6.45) is 6.22. The highest BCUT2D eigenvalue weighted by Crippen LogP contribution is 2.20. The normalized spacial score (nSPS) is 17.0. The zero-order valence-electron chi connectivity index (χ0n) is 14.0. The SMILES string of the molecule is COc1cccc(OC(C)CN=C(N)NC2CCCCC2)c1.I. The van der Waals surface area contributed by atoms with E-state index >= 15 is 0 Å². The fourth-order valence-corrected chi connectivity index (χ4v) is 2.67. The Morgan fingerprint density at radius 3 is 2.70 bits per heavy atom. The number of benzene rings is 1. The van der Waals surface area contributed by atoms with Crippen LogP contribution in [-0.2, 0) is 0 Å². The second kappa shape index (κ2) is 10.6. The van der Waals surface area contributed by atoms with Crippen LogP contribution in [0.3, 0.4) is 0 Å². The van der Waals surface area contributed by atoms with Crippen molar-refractivity contribution in [2.75, 3.05) is 13.7 Å². The Kier molecular flexibility index (Phi) is 9.13. The first-order valence-electron chi connectivity index (χ1n) is 8.04. The number of nitrogens with zero attached hydrogens (tertiary/aromatic N) is 1.